The number of amides is 2. The van der Waals surface area contributed by atoms with E-state index in [-0.39, 0.29) is 24.3 Å². The summed E-state index contributed by atoms with van der Waals surface area (Å²) >= 11 is 10.9. The fraction of sp³-hybridized carbons (Fsp3) is 0.294. The molecule has 2 amide bonds. The average Bonchev–Trinajstić information content (AvgIpc) is 3.04. The topological polar surface area (TPSA) is 67.4 Å². The molecule has 0 aliphatic heterocycles. The van der Waals surface area contributed by atoms with Crippen molar-refractivity contribution in [3.63, 3.8) is 0 Å². The molecule has 1 aromatic heterocycles. The highest BCUT2D eigenvalue weighted by Crippen LogP contribution is 2.37. The van der Waals surface area contributed by atoms with Crippen LogP contribution in [0.15, 0.2) is 34.1 Å². The fourth-order valence-electron chi connectivity index (χ4n) is 2.29. The highest BCUT2D eigenvalue weighted by Gasteiger charge is 2.20. The standard InChI is InChI=1S/C17H18BrClN2O3S/c1-3-24-17-12(18)7-11(19)8-14(17)21-16(23)9-13(20-10(2)22)15-5-4-6-25-15/h4-8,13H,3,9H2,1-2H3,(H,20,22)(H,21,23). The smallest absolute Gasteiger partial charge is 0.226 e. The number of thiophene rings is 1. The molecule has 0 aliphatic rings. The van der Waals surface area contributed by atoms with E-state index < -0.39 is 0 Å². The van der Waals surface area contributed by atoms with Crippen LogP contribution in [-0.2, 0) is 9.59 Å². The van der Waals surface area contributed by atoms with Crippen molar-refractivity contribution in [1.29, 1.82) is 0 Å². The Labute approximate surface area is 163 Å². The molecule has 134 valence electrons. The van der Waals surface area contributed by atoms with Gasteiger partial charge in [-0.05, 0) is 46.4 Å². The van der Waals surface area contributed by atoms with Gasteiger partial charge in [0.05, 0.1) is 29.2 Å². The van der Waals surface area contributed by atoms with Gasteiger partial charge in [-0.25, -0.2) is 0 Å². The van der Waals surface area contributed by atoms with E-state index in [4.69, 9.17) is 16.3 Å². The van der Waals surface area contributed by atoms with Crippen LogP contribution in [0, 0.1) is 0 Å². The number of anilines is 1. The predicted molar refractivity (Wildman–Crippen MR) is 104 cm³/mol. The van der Waals surface area contributed by atoms with Gasteiger partial charge in [0.15, 0.2) is 5.75 Å². The maximum absolute atomic E-state index is 12.5. The van der Waals surface area contributed by atoms with E-state index in [0.29, 0.717) is 27.5 Å². The molecule has 2 aromatic rings. The monoisotopic (exact) mass is 444 g/mol. The zero-order valence-electron chi connectivity index (χ0n) is 13.8. The van der Waals surface area contributed by atoms with Crippen molar-refractivity contribution in [3.05, 3.63) is 44.0 Å². The minimum absolute atomic E-state index is 0.107. The lowest BCUT2D eigenvalue weighted by Gasteiger charge is -2.18. The molecule has 0 bridgehead atoms. The van der Waals surface area contributed by atoms with Gasteiger partial charge < -0.3 is 15.4 Å². The largest absolute Gasteiger partial charge is 0.491 e. The molecule has 0 saturated carbocycles. The molecule has 5 nitrogen and oxygen atoms in total. The molecule has 1 aromatic carbocycles. The number of carbonyl (C=O) groups excluding carboxylic acids is 2. The number of benzene rings is 1. The zero-order valence-corrected chi connectivity index (χ0v) is 16.9. The summed E-state index contributed by atoms with van der Waals surface area (Å²) in [4.78, 5) is 24.9. The zero-order chi connectivity index (χ0) is 18.4. The summed E-state index contributed by atoms with van der Waals surface area (Å²) in [5.41, 5.74) is 0.485. The van der Waals surface area contributed by atoms with E-state index in [9.17, 15) is 9.59 Å². The Kier molecular flexibility index (Phi) is 7.28. The summed E-state index contributed by atoms with van der Waals surface area (Å²) in [5.74, 6) is 0.0847. The van der Waals surface area contributed by atoms with Crippen molar-refractivity contribution in [2.75, 3.05) is 11.9 Å². The molecule has 0 saturated heterocycles. The highest BCUT2D eigenvalue weighted by atomic mass is 79.9. The molecule has 0 radical (unpaired) electrons. The van der Waals surface area contributed by atoms with Gasteiger partial charge in [0.25, 0.3) is 0 Å². The second kappa shape index (κ2) is 9.22. The number of halogens is 2. The van der Waals surface area contributed by atoms with Crippen LogP contribution in [0.2, 0.25) is 5.02 Å². The average molecular weight is 446 g/mol. The number of nitrogens with one attached hydrogen (secondary N) is 2. The second-order valence-electron chi connectivity index (χ2n) is 5.22. The number of hydrogen-bond acceptors (Lipinski definition) is 4. The van der Waals surface area contributed by atoms with E-state index in [2.05, 4.69) is 26.6 Å². The van der Waals surface area contributed by atoms with Gasteiger partial charge in [-0.3, -0.25) is 9.59 Å². The van der Waals surface area contributed by atoms with E-state index >= 15 is 0 Å². The molecule has 1 atom stereocenters. The van der Waals surface area contributed by atoms with Crippen LogP contribution in [0.3, 0.4) is 0 Å². The number of carbonyl (C=O) groups is 2. The first-order chi connectivity index (χ1) is 11.9. The van der Waals surface area contributed by atoms with E-state index in [1.54, 1.807) is 12.1 Å². The molecular formula is C17H18BrClN2O3S. The molecule has 0 fully saturated rings. The predicted octanol–water partition coefficient (Wildman–Crippen LogP) is 4.77. The van der Waals surface area contributed by atoms with E-state index in [1.165, 1.54) is 18.3 Å². The lowest BCUT2D eigenvalue weighted by atomic mass is 10.1. The summed E-state index contributed by atoms with van der Waals surface area (Å²) in [6.07, 6.45) is 0.107. The fourth-order valence-corrected chi connectivity index (χ4v) is 3.99. The molecule has 0 aliphatic carbocycles. The molecule has 8 heteroatoms. The van der Waals surface area contributed by atoms with Gasteiger partial charge in [-0.2, -0.15) is 0 Å². The lowest BCUT2D eigenvalue weighted by molar-refractivity contribution is -0.120. The number of ether oxygens (including phenoxy) is 1. The third-order valence-corrected chi connectivity index (χ3v) is 5.02. The van der Waals surface area contributed by atoms with Crippen LogP contribution in [0.5, 0.6) is 5.75 Å². The van der Waals surface area contributed by atoms with Crippen molar-refractivity contribution >= 4 is 56.4 Å². The quantitative estimate of drug-likeness (QED) is 0.645. The first kappa shape index (κ1) is 19.8. The molecule has 2 rings (SSSR count). The van der Waals surface area contributed by atoms with Crippen LogP contribution in [-0.4, -0.2) is 18.4 Å². The van der Waals surface area contributed by atoms with Crippen LogP contribution in [0.1, 0.15) is 31.2 Å². The van der Waals surface area contributed by atoms with Gasteiger partial charge in [-0.1, -0.05) is 17.7 Å². The SMILES string of the molecule is CCOc1c(Br)cc(Cl)cc1NC(=O)CC(NC(C)=O)c1cccs1. The van der Waals surface area contributed by atoms with Crippen LogP contribution in [0.25, 0.3) is 0 Å². The molecular weight excluding hydrogens is 428 g/mol. The van der Waals surface area contributed by atoms with Crippen molar-refractivity contribution in [1.82, 2.24) is 5.32 Å². The van der Waals surface area contributed by atoms with E-state index in [0.717, 1.165) is 4.88 Å². The van der Waals surface area contributed by atoms with Gasteiger partial charge in [-0.15, -0.1) is 11.3 Å². The van der Waals surface area contributed by atoms with Gasteiger partial charge in [0.1, 0.15) is 0 Å². The Morgan fingerprint density at radius 1 is 1.40 bits per heavy atom. The van der Waals surface area contributed by atoms with Gasteiger partial charge in [0, 0.05) is 16.8 Å². The summed E-state index contributed by atoms with van der Waals surface area (Å²) in [7, 11) is 0. The number of rotatable bonds is 7. The molecule has 25 heavy (non-hydrogen) atoms. The Morgan fingerprint density at radius 3 is 2.76 bits per heavy atom. The second-order valence-corrected chi connectivity index (χ2v) is 7.49. The Hall–Kier alpha value is -1.57. The van der Waals surface area contributed by atoms with Crippen molar-refractivity contribution in [2.45, 2.75) is 26.3 Å². The Balaban J connectivity index is 2.17. The normalized spacial score (nSPS) is 11.7. The maximum atomic E-state index is 12.5. The first-order valence-electron chi connectivity index (χ1n) is 7.63. The van der Waals surface area contributed by atoms with Crippen molar-refractivity contribution in [3.8, 4) is 5.75 Å². The summed E-state index contributed by atoms with van der Waals surface area (Å²) in [6, 6.07) is 6.73. The van der Waals surface area contributed by atoms with Crippen LogP contribution < -0.4 is 15.4 Å². The van der Waals surface area contributed by atoms with Gasteiger partial charge >= 0.3 is 0 Å². The van der Waals surface area contributed by atoms with E-state index in [1.807, 2.05) is 24.4 Å². The van der Waals surface area contributed by atoms with Crippen molar-refractivity contribution < 1.29 is 14.3 Å². The molecule has 1 heterocycles. The molecule has 0 spiro atoms. The van der Waals surface area contributed by atoms with Crippen molar-refractivity contribution in [2.24, 2.45) is 0 Å². The summed E-state index contributed by atoms with van der Waals surface area (Å²) < 4.78 is 6.24. The minimum atomic E-state index is -0.379. The third kappa shape index (κ3) is 5.73. The first-order valence-corrected chi connectivity index (χ1v) is 9.68. The minimum Gasteiger partial charge on any atom is -0.491 e. The van der Waals surface area contributed by atoms with Gasteiger partial charge in [0.2, 0.25) is 11.8 Å². The Bertz CT molecular complexity index is 753. The third-order valence-electron chi connectivity index (χ3n) is 3.22. The maximum Gasteiger partial charge on any atom is 0.226 e. The highest BCUT2D eigenvalue weighted by molar-refractivity contribution is 9.10. The Morgan fingerprint density at radius 2 is 2.16 bits per heavy atom. The molecule has 1 unspecified atom stereocenters. The van der Waals surface area contributed by atoms with Crippen LogP contribution in [0.4, 0.5) is 5.69 Å². The molecule has 2 N–H and O–H groups in total. The summed E-state index contributed by atoms with van der Waals surface area (Å²) in [6.45, 7) is 3.74. The summed E-state index contributed by atoms with van der Waals surface area (Å²) in [5, 5.41) is 8.00. The van der Waals surface area contributed by atoms with Crippen LogP contribution >= 0.6 is 38.9 Å². The number of hydrogen-bond donors (Lipinski definition) is 2. The lowest BCUT2D eigenvalue weighted by Crippen LogP contribution is -2.29.